The summed E-state index contributed by atoms with van der Waals surface area (Å²) in [6.45, 7) is 7.45. The first-order valence-corrected chi connectivity index (χ1v) is 24.0. The van der Waals surface area contributed by atoms with E-state index in [1.54, 1.807) is 55.2 Å². The molecule has 0 aliphatic carbocycles. The Kier molecular flexibility index (Phi) is 11.4. The van der Waals surface area contributed by atoms with Crippen molar-refractivity contribution in [2.24, 2.45) is 5.92 Å². The van der Waals surface area contributed by atoms with Crippen molar-refractivity contribution < 1.29 is 37.1 Å². The highest BCUT2D eigenvalue weighted by molar-refractivity contribution is 6.05. The molecule has 3 fully saturated rings. The van der Waals surface area contributed by atoms with Gasteiger partial charge >= 0.3 is 0 Å². The number of imidazole rings is 1. The first kappa shape index (κ1) is 44.1. The average Bonchev–Trinajstić information content (AvgIpc) is 4.06. The maximum atomic E-state index is 15.6. The molecule has 6 aliphatic heterocycles. The zero-order chi connectivity index (χ0) is 47.0. The zero-order valence-corrected chi connectivity index (χ0v) is 38.4. The van der Waals surface area contributed by atoms with Gasteiger partial charge in [0.05, 0.1) is 32.4 Å². The van der Waals surface area contributed by atoms with Crippen molar-refractivity contribution in [2.45, 2.75) is 96.3 Å². The number of hydrogen-bond donors (Lipinski definition) is 1. The van der Waals surface area contributed by atoms with Crippen LogP contribution in [-0.2, 0) is 40.3 Å². The summed E-state index contributed by atoms with van der Waals surface area (Å²) in [4.78, 5) is 64.9. The molecular weight excluding hydrogens is 878 g/mol. The molecule has 68 heavy (non-hydrogen) atoms. The van der Waals surface area contributed by atoms with Gasteiger partial charge in [-0.3, -0.25) is 29.2 Å². The van der Waals surface area contributed by atoms with Crippen LogP contribution in [0.2, 0.25) is 0 Å². The summed E-state index contributed by atoms with van der Waals surface area (Å²) >= 11 is 0. The van der Waals surface area contributed by atoms with Crippen LogP contribution in [-0.4, -0.2) is 116 Å². The van der Waals surface area contributed by atoms with E-state index in [9.17, 15) is 19.2 Å². The number of imide groups is 1. The molecule has 0 saturated carbocycles. The minimum absolute atomic E-state index is 0.00605. The number of hydrogen-bond acceptors (Lipinski definition) is 10. The Labute approximate surface area is 391 Å². The van der Waals surface area contributed by atoms with Crippen molar-refractivity contribution in [3.05, 3.63) is 88.3 Å². The van der Waals surface area contributed by atoms with Gasteiger partial charge < -0.3 is 33.6 Å². The van der Waals surface area contributed by atoms with Crippen LogP contribution < -0.4 is 19.9 Å². The third kappa shape index (κ3) is 7.83. The molecule has 2 aromatic carbocycles. The van der Waals surface area contributed by atoms with Crippen LogP contribution in [0.5, 0.6) is 5.75 Å². The van der Waals surface area contributed by atoms with E-state index in [4.69, 9.17) is 9.84 Å². The third-order valence-corrected chi connectivity index (χ3v) is 15.4. The molecule has 3 saturated heterocycles. The number of carbonyl (C=O) groups excluding carboxylic acids is 4. The van der Waals surface area contributed by atoms with Gasteiger partial charge in [-0.15, -0.1) is 0 Å². The Morgan fingerprint density at radius 2 is 1.69 bits per heavy atom. The summed E-state index contributed by atoms with van der Waals surface area (Å²) < 4.78 is 55.6. The highest BCUT2D eigenvalue weighted by Crippen LogP contribution is 2.46. The average molecular weight is 933 g/mol. The number of amides is 4. The fourth-order valence-electron chi connectivity index (χ4n) is 11.7. The van der Waals surface area contributed by atoms with E-state index in [2.05, 4.69) is 29.7 Å². The molecule has 4 amide bonds. The van der Waals surface area contributed by atoms with Crippen molar-refractivity contribution in [1.82, 2.24) is 39.2 Å². The summed E-state index contributed by atoms with van der Waals surface area (Å²) in [5, 5.41) is 7.67. The maximum absolute atomic E-state index is 15.6. The number of nitrogens with zero attached hydrogens (tertiary/aromatic N) is 9. The number of carbonyl (C=O) groups is 4. The van der Waals surface area contributed by atoms with E-state index in [0.29, 0.717) is 65.7 Å². The number of methoxy groups -OCH3 is 1. The molecule has 5 aromatic rings. The van der Waals surface area contributed by atoms with Crippen molar-refractivity contribution in [3.8, 4) is 16.9 Å². The zero-order valence-electron chi connectivity index (χ0n) is 38.4. The number of benzene rings is 2. The number of likely N-dealkylation sites (tertiary alicyclic amines) is 1. The van der Waals surface area contributed by atoms with Gasteiger partial charge in [-0.1, -0.05) is 0 Å². The number of pyridine rings is 1. The minimum Gasteiger partial charge on any atom is -0.495 e. The molecule has 9 heterocycles. The maximum Gasteiger partial charge on any atom is 0.264 e. The fourth-order valence-corrected chi connectivity index (χ4v) is 11.7. The minimum atomic E-state index is -2.75. The lowest BCUT2D eigenvalue weighted by atomic mass is 9.91. The molecule has 1 N–H and O–H groups in total. The van der Waals surface area contributed by atoms with E-state index in [1.807, 2.05) is 11.0 Å². The number of piperidine rings is 3. The second-order valence-corrected chi connectivity index (χ2v) is 19.3. The van der Waals surface area contributed by atoms with Gasteiger partial charge in [0.1, 0.15) is 23.3 Å². The Morgan fingerprint density at radius 3 is 2.44 bits per heavy atom. The van der Waals surface area contributed by atoms with Crippen LogP contribution in [0.4, 0.5) is 30.4 Å². The van der Waals surface area contributed by atoms with Crippen LogP contribution >= 0.6 is 0 Å². The van der Waals surface area contributed by atoms with E-state index in [-0.39, 0.29) is 54.3 Å². The second-order valence-electron chi connectivity index (χ2n) is 19.3. The molecule has 18 heteroatoms. The number of fused-ring (bicyclic) bond motifs is 4. The SMILES string of the molecule is COc1cn2ccnc2cc1-c1cc2c(cc1C(F)F)N(c1nn(C3CCN(CC4CCN(c5cc(F)c6c(c5)C(=O)N(C5CCC(=O)NC5=O)C6)CC4)CC3)c3c1CN(C(C)=O)CC3)CCC2. The topological polar surface area (TPSA) is 141 Å². The highest BCUT2D eigenvalue weighted by Gasteiger charge is 2.41. The normalized spacial score (nSPS) is 20.6. The smallest absolute Gasteiger partial charge is 0.264 e. The molecule has 15 nitrogen and oxygen atoms in total. The Morgan fingerprint density at radius 1 is 0.882 bits per heavy atom. The van der Waals surface area contributed by atoms with Crippen molar-refractivity contribution in [3.63, 3.8) is 0 Å². The molecular formula is C50H55F3N10O5. The molecule has 1 unspecified atom stereocenters. The lowest BCUT2D eigenvalue weighted by Gasteiger charge is -2.39. The van der Waals surface area contributed by atoms with E-state index >= 15 is 13.2 Å². The molecule has 356 valence electrons. The Hall–Kier alpha value is -6.43. The molecule has 1 atom stereocenters. The van der Waals surface area contributed by atoms with Crippen molar-refractivity contribution in [2.75, 3.05) is 62.7 Å². The highest BCUT2D eigenvalue weighted by atomic mass is 19.3. The first-order chi connectivity index (χ1) is 32.9. The first-order valence-electron chi connectivity index (χ1n) is 24.0. The Bertz CT molecular complexity index is 2850. The summed E-state index contributed by atoms with van der Waals surface area (Å²) in [6.07, 6.45) is 8.69. The second kappa shape index (κ2) is 17.6. The van der Waals surface area contributed by atoms with Gasteiger partial charge in [-0.05, 0) is 92.3 Å². The van der Waals surface area contributed by atoms with Crippen LogP contribution in [0.15, 0.2) is 48.9 Å². The number of halogens is 3. The number of alkyl halides is 2. The van der Waals surface area contributed by atoms with Gasteiger partial charge in [-0.2, -0.15) is 5.10 Å². The largest absolute Gasteiger partial charge is 0.495 e. The molecule has 0 bridgehead atoms. The number of aromatic nitrogens is 4. The van der Waals surface area contributed by atoms with Gasteiger partial charge in [-0.25, -0.2) is 18.2 Å². The van der Waals surface area contributed by atoms with Crippen LogP contribution in [0.25, 0.3) is 16.8 Å². The van der Waals surface area contributed by atoms with Crippen LogP contribution in [0, 0.1) is 11.7 Å². The molecule has 0 radical (unpaired) electrons. The summed E-state index contributed by atoms with van der Waals surface area (Å²) in [5.74, 6) is -0.0404. The lowest BCUT2D eigenvalue weighted by molar-refractivity contribution is -0.137. The summed E-state index contributed by atoms with van der Waals surface area (Å²) in [6, 6.07) is 7.94. The van der Waals surface area contributed by atoms with Crippen LogP contribution in [0.1, 0.15) is 103 Å². The van der Waals surface area contributed by atoms with E-state index < -0.39 is 24.2 Å². The summed E-state index contributed by atoms with van der Waals surface area (Å²) in [5.41, 5.74) is 6.56. The number of nitrogens with one attached hydrogen (secondary N) is 1. The number of aryl methyl sites for hydroxylation is 1. The lowest BCUT2D eigenvalue weighted by Crippen LogP contribution is -2.52. The van der Waals surface area contributed by atoms with Gasteiger partial charge in [0.25, 0.3) is 12.3 Å². The quantitative estimate of drug-likeness (QED) is 0.161. The van der Waals surface area contributed by atoms with Gasteiger partial charge in [0, 0.05) is 123 Å². The van der Waals surface area contributed by atoms with Gasteiger partial charge in [0.2, 0.25) is 17.7 Å². The summed E-state index contributed by atoms with van der Waals surface area (Å²) in [7, 11) is 1.54. The van der Waals surface area contributed by atoms with Crippen molar-refractivity contribution in [1.29, 1.82) is 0 Å². The predicted molar refractivity (Wildman–Crippen MR) is 247 cm³/mol. The van der Waals surface area contributed by atoms with E-state index in [1.165, 1.54) is 11.0 Å². The molecule has 0 spiro atoms. The third-order valence-electron chi connectivity index (χ3n) is 15.4. The number of ether oxygens (including phenoxy) is 1. The molecule has 11 rings (SSSR count). The Balaban J connectivity index is 0.778. The molecule has 3 aromatic heterocycles. The predicted octanol–water partition coefficient (Wildman–Crippen LogP) is 6.59. The van der Waals surface area contributed by atoms with Crippen LogP contribution in [0.3, 0.4) is 0 Å². The van der Waals surface area contributed by atoms with E-state index in [0.717, 1.165) is 99.6 Å². The molecule has 6 aliphatic rings. The monoisotopic (exact) mass is 932 g/mol. The standard InChI is InChI=1S/C50H55F3N10O5/c1-29(64)59-18-11-41-39(26-59)48(61-13-3-4-31-20-34(36(47(52)53)23-43(31)61)35-24-45-54-12-19-60(45)28-44(35)68-2)56-63(41)32-9-14-57(15-10-32)25-30-7-16-58(17-8-30)33-21-37-38(40(51)22-33)27-62(50(37)67)42-5-6-46(65)55-49(42)66/h12,19-24,28,30,32,42,47H,3-11,13-18,25-27H2,1-2H3,(H,55,65,66). The van der Waals surface area contributed by atoms with Gasteiger partial charge in [0.15, 0.2) is 5.82 Å². The number of rotatable bonds is 9. The van der Waals surface area contributed by atoms with Crippen molar-refractivity contribution >= 4 is 46.5 Å². The fraction of sp³-hybridized carbons (Fsp3) is 0.480. The number of anilines is 3.